The van der Waals surface area contributed by atoms with Crippen molar-refractivity contribution in [3.8, 4) is 0 Å². The maximum atomic E-state index is 12.2. The standard InChI is InChI=1S/C14H20N2O3/c1-5-16(11-8-6-7-10(2)9-11)13(19)15-14(3,4)12(17)18/h6-9H,5H2,1-4H3,(H,15,19)(H,17,18). The van der Waals surface area contributed by atoms with E-state index in [0.717, 1.165) is 11.3 Å². The van der Waals surface area contributed by atoms with Crippen LogP contribution in [0.5, 0.6) is 0 Å². The van der Waals surface area contributed by atoms with Crippen molar-refractivity contribution in [2.75, 3.05) is 11.4 Å². The smallest absolute Gasteiger partial charge is 0.328 e. The molecule has 104 valence electrons. The highest BCUT2D eigenvalue weighted by molar-refractivity contribution is 5.95. The summed E-state index contributed by atoms with van der Waals surface area (Å²) in [5, 5.41) is 11.5. The first-order valence-electron chi connectivity index (χ1n) is 6.17. The zero-order valence-electron chi connectivity index (χ0n) is 11.7. The third kappa shape index (κ3) is 3.71. The normalized spacial score (nSPS) is 10.9. The second-order valence-electron chi connectivity index (χ2n) is 4.94. The number of anilines is 1. The maximum Gasteiger partial charge on any atom is 0.328 e. The van der Waals surface area contributed by atoms with Crippen LogP contribution < -0.4 is 10.2 Å². The summed E-state index contributed by atoms with van der Waals surface area (Å²) in [6, 6.07) is 7.10. The summed E-state index contributed by atoms with van der Waals surface area (Å²) < 4.78 is 0. The van der Waals surface area contributed by atoms with E-state index in [4.69, 9.17) is 5.11 Å². The van der Waals surface area contributed by atoms with E-state index in [1.807, 2.05) is 38.1 Å². The van der Waals surface area contributed by atoms with E-state index in [2.05, 4.69) is 5.32 Å². The zero-order valence-corrected chi connectivity index (χ0v) is 11.7. The number of benzene rings is 1. The number of rotatable bonds is 4. The number of aliphatic carboxylic acids is 1. The molecule has 0 aromatic heterocycles. The summed E-state index contributed by atoms with van der Waals surface area (Å²) in [6.07, 6.45) is 0. The predicted molar refractivity (Wildman–Crippen MR) is 74.4 cm³/mol. The molecule has 0 aliphatic heterocycles. The van der Waals surface area contributed by atoms with E-state index < -0.39 is 17.5 Å². The van der Waals surface area contributed by atoms with Gasteiger partial charge in [0.2, 0.25) is 0 Å². The number of carbonyl (C=O) groups excluding carboxylic acids is 1. The highest BCUT2D eigenvalue weighted by Gasteiger charge is 2.30. The Morgan fingerprint density at radius 2 is 2.00 bits per heavy atom. The molecular weight excluding hydrogens is 244 g/mol. The Morgan fingerprint density at radius 3 is 2.47 bits per heavy atom. The van der Waals surface area contributed by atoms with E-state index in [1.165, 1.54) is 18.7 Å². The molecule has 0 saturated heterocycles. The summed E-state index contributed by atoms with van der Waals surface area (Å²) in [5.74, 6) is -1.07. The minimum atomic E-state index is -1.30. The molecule has 1 aromatic rings. The fourth-order valence-corrected chi connectivity index (χ4v) is 1.63. The van der Waals surface area contributed by atoms with Crippen LogP contribution in [0.2, 0.25) is 0 Å². The fourth-order valence-electron chi connectivity index (χ4n) is 1.63. The highest BCUT2D eigenvalue weighted by Crippen LogP contribution is 2.16. The molecule has 2 N–H and O–H groups in total. The lowest BCUT2D eigenvalue weighted by Gasteiger charge is -2.27. The summed E-state index contributed by atoms with van der Waals surface area (Å²) in [7, 11) is 0. The van der Waals surface area contributed by atoms with Gasteiger partial charge in [-0.1, -0.05) is 12.1 Å². The first kappa shape index (κ1) is 15.0. The van der Waals surface area contributed by atoms with Crippen molar-refractivity contribution in [3.05, 3.63) is 29.8 Å². The predicted octanol–water partition coefficient (Wildman–Crippen LogP) is 2.39. The van der Waals surface area contributed by atoms with Gasteiger partial charge in [0.05, 0.1) is 0 Å². The second-order valence-corrected chi connectivity index (χ2v) is 4.94. The van der Waals surface area contributed by atoms with Crippen molar-refractivity contribution >= 4 is 17.7 Å². The molecule has 0 aliphatic carbocycles. The molecule has 1 rings (SSSR count). The van der Waals surface area contributed by atoms with Gasteiger partial charge in [0.25, 0.3) is 0 Å². The van der Waals surface area contributed by atoms with Crippen LogP contribution in [0.1, 0.15) is 26.3 Å². The molecule has 0 heterocycles. The molecule has 0 spiro atoms. The van der Waals surface area contributed by atoms with E-state index in [-0.39, 0.29) is 0 Å². The van der Waals surface area contributed by atoms with Crippen LogP contribution in [-0.4, -0.2) is 29.2 Å². The minimum absolute atomic E-state index is 0.416. The van der Waals surface area contributed by atoms with Crippen LogP contribution in [0.25, 0.3) is 0 Å². The molecule has 0 unspecified atom stereocenters. The van der Waals surface area contributed by atoms with Crippen molar-refractivity contribution in [1.29, 1.82) is 0 Å². The molecule has 0 bridgehead atoms. The van der Waals surface area contributed by atoms with Crippen LogP contribution in [-0.2, 0) is 4.79 Å². The first-order valence-corrected chi connectivity index (χ1v) is 6.17. The SMILES string of the molecule is CCN(C(=O)NC(C)(C)C(=O)O)c1cccc(C)c1. The fraction of sp³-hybridized carbons (Fsp3) is 0.429. The van der Waals surface area contributed by atoms with Crippen LogP contribution in [0.3, 0.4) is 0 Å². The summed E-state index contributed by atoms with van der Waals surface area (Å²) in [4.78, 5) is 24.7. The second kappa shape index (κ2) is 5.73. The molecule has 0 radical (unpaired) electrons. The Kier molecular flexibility index (Phi) is 4.53. The number of hydrogen-bond donors (Lipinski definition) is 2. The number of carbonyl (C=O) groups is 2. The van der Waals surface area contributed by atoms with Gasteiger partial charge >= 0.3 is 12.0 Å². The first-order chi connectivity index (χ1) is 8.77. The number of hydrogen-bond acceptors (Lipinski definition) is 2. The van der Waals surface area contributed by atoms with Gasteiger partial charge in [-0.25, -0.2) is 9.59 Å². The number of aryl methyl sites for hydroxylation is 1. The van der Waals surface area contributed by atoms with Gasteiger partial charge in [-0.3, -0.25) is 4.90 Å². The van der Waals surface area contributed by atoms with E-state index in [0.29, 0.717) is 6.54 Å². The van der Waals surface area contributed by atoms with Crippen LogP contribution >= 0.6 is 0 Å². The van der Waals surface area contributed by atoms with Gasteiger partial charge < -0.3 is 10.4 Å². The van der Waals surface area contributed by atoms with E-state index in [1.54, 1.807) is 0 Å². The third-order valence-corrected chi connectivity index (χ3v) is 2.83. The van der Waals surface area contributed by atoms with Gasteiger partial charge in [-0.15, -0.1) is 0 Å². The summed E-state index contributed by atoms with van der Waals surface area (Å²) >= 11 is 0. The average Bonchev–Trinajstić information content (AvgIpc) is 2.29. The number of carboxylic acids is 1. The third-order valence-electron chi connectivity index (χ3n) is 2.83. The monoisotopic (exact) mass is 264 g/mol. The Bertz CT molecular complexity index is 483. The Balaban J connectivity index is 2.92. The molecule has 0 aliphatic rings. The number of carboxylic acid groups (broad SMARTS) is 1. The lowest BCUT2D eigenvalue weighted by atomic mass is 10.1. The molecule has 5 heteroatoms. The van der Waals surface area contributed by atoms with Crippen molar-refractivity contribution in [3.63, 3.8) is 0 Å². The Hall–Kier alpha value is -2.04. The zero-order chi connectivity index (χ0) is 14.6. The van der Waals surface area contributed by atoms with Gasteiger partial charge in [0.15, 0.2) is 0 Å². The lowest BCUT2D eigenvalue weighted by molar-refractivity contribution is -0.142. The summed E-state index contributed by atoms with van der Waals surface area (Å²) in [6.45, 7) is 7.16. The Labute approximate surface area is 113 Å². The molecule has 0 fully saturated rings. The van der Waals surface area contributed by atoms with Crippen LogP contribution in [0, 0.1) is 6.92 Å². The number of nitrogens with zero attached hydrogens (tertiary/aromatic N) is 1. The lowest BCUT2D eigenvalue weighted by Crippen LogP contribution is -2.54. The van der Waals surface area contributed by atoms with Gasteiger partial charge in [-0.05, 0) is 45.4 Å². The van der Waals surface area contributed by atoms with Crippen molar-refractivity contribution in [2.45, 2.75) is 33.2 Å². The minimum Gasteiger partial charge on any atom is -0.480 e. The summed E-state index contributed by atoms with van der Waals surface area (Å²) in [5.41, 5.74) is 0.497. The van der Waals surface area contributed by atoms with Crippen LogP contribution in [0.15, 0.2) is 24.3 Å². The van der Waals surface area contributed by atoms with E-state index in [9.17, 15) is 9.59 Å². The van der Waals surface area contributed by atoms with Gasteiger partial charge in [0, 0.05) is 12.2 Å². The molecule has 1 aromatic carbocycles. The topological polar surface area (TPSA) is 69.6 Å². The van der Waals surface area contributed by atoms with Gasteiger partial charge in [-0.2, -0.15) is 0 Å². The number of urea groups is 1. The molecule has 0 saturated carbocycles. The largest absolute Gasteiger partial charge is 0.480 e. The molecule has 2 amide bonds. The average molecular weight is 264 g/mol. The Morgan fingerprint density at radius 1 is 1.37 bits per heavy atom. The van der Waals surface area contributed by atoms with E-state index >= 15 is 0 Å². The van der Waals surface area contributed by atoms with Crippen molar-refractivity contribution < 1.29 is 14.7 Å². The molecule has 19 heavy (non-hydrogen) atoms. The van der Waals surface area contributed by atoms with Crippen molar-refractivity contribution in [2.24, 2.45) is 0 Å². The van der Waals surface area contributed by atoms with Crippen molar-refractivity contribution in [1.82, 2.24) is 5.32 Å². The highest BCUT2D eigenvalue weighted by atomic mass is 16.4. The number of nitrogens with one attached hydrogen (secondary N) is 1. The molecular formula is C14H20N2O3. The van der Waals surface area contributed by atoms with Crippen LogP contribution in [0.4, 0.5) is 10.5 Å². The van der Waals surface area contributed by atoms with Gasteiger partial charge in [0.1, 0.15) is 5.54 Å². The maximum absolute atomic E-state index is 12.2. The molecule has 0 atom stereocenters. The molecule has 5 nitrogen and oxygen atoms in total. The quantitative estimate of drug-likeness (QED) is 0.877. The number of amides is 2.